The lowest BCUT2D eigenvalue weighted by Crippen LogP contribution is -2.10. The second-order valence-corrected chi connectivity index (χ2v) is 3.94. The Bertz CT molecular complexity index is 388. The van der Waals surface area contributed by atoms with Gasteiger partial charge in [-0.05, 0) is 25.0 Å². The van der Waals surface area contributed by atoms with Gasteiger partial charge >= 0.3 is 11.9 Å². The molecule has 1 aromatic rings. The van der Waals surface area contributed by atoms with E-state index in [1.54, 1.807) is 24.3 Å². The summed E-state index contributed by atoms with van der Waals surface area (Å²) in [4.78, 5) is 22.5. The highest BCUT2D eigenvalue weighted by atomic mass is 16.5. The molecule has 104 valence electrons. The largest absolute Gasteiger partial charge is 0.463 e. The smallest absolute Gasteiger partial charge is 0.311 e. The van der Waals surface area contributed by atoms with Gasteiger partial charge in [0.25, 0.3) is 0 Å². The minimum Gasteiger partial charge on any atom is -0.463 e. The number of aliphatic hydroxyl groups is 1. The molecule has 0 fully saturated rings. The first-order chi connectivity index (χ1) is 9.22. The van der Waals surface area contributed by atoms with Crippen LogP contribution in [0.25, 0.3) is 0 Å². The van der Waals surface area contributed by atoms with Crippen LogP contribution in [0.4, 0.5) is 0 Å². The standard InChI is InChI=1S/C14H18O5/c15-10-11-18-13(16)8-4-5-9-14(17)19-12-6-2-1-3-7-12/h1-3,6-7,15H,4-5,8-11H2. The summed E-state index contributed by atoms with van der Waals surface area (Å²) in [5.41, 5.74) is 0. The highest BCUT2D eigenvalue weighted by Gasteiger charge is 2.06. The molecule has 0 aliphatic rings. The van der Waals surface area contributed by atoms with Crippen molar-refractivity contribution in [3.8, 4) is 5.75 Å². The third-order valence-corrected chi connectivity index (χ3v) is 2.34. The first-order valence-corrected chi connectivity index (χ1v) is 6.24. The average Bonchev–Trinajstić information content (AvgIpc) is 2.42. The number of ether oxygens (including phenoxy) is 2. The summed E-state index contributed by atoms with van der Waals surface area (Å²) in [6, 6.07) is 8.85. The molecule has 0 heterocycles. The van der Waals surface area contributed by atoms with Gasteiger partial charge in [0.1, 0.15) is 12.4 Å². The first kappa shape index (κ1) is 15.2. The molecule has 1 rings (SSSR count). The van der Waals surface area contributed by atoms with Gasteiger partial charge < -0.3 is 14.6 Å². The molecule has 0 radical (unpaired) electrons. The maximum absolute atomic E-state index is 11.5. The van der Waals surface area contributed by atoms with E-state index in [4.69, 9.17) is 9.84 Å². The number of aliphatic hydroxyl groups excluding tert-OH is 1. The number of hydrogen-bond acceptors (Lipinski definition) is 5. The molecule has 0 unspecified atom stereocenters. The number of esters is 2. The van der Waals surface area contributed by atoms with Gasteiger partial charge in [0, 0.05) is 12.8 Å². The number of carbonyl (C=O) groups excluding carboxylic acids is 2. The Kier molecular flexibility index (Phi) is 7.27. The van der Waals surface area contributed by atoms with Crippen molar-refractivity contribution in [2.45, 2.75) is 25.7 Å². The van der Waals surface area contributed by atoms with Gasteiger partial charge in [0.15, 0.2) is 0 Å². The summed E-state index contributed by atoms with van der Waals surface area (Å²) < 4.78 is 9.79. The predicted octanol–water partition coefficient (Wildman–Crippen LogP) is 1.69. The van der Waals surface area contributed by atoms with Crippen LogP contribution < -0.4 is 4.74 Å². The molecule has 0 spiro atoms. The van der Waals surface area contributed by atoms with Crippen LogP contribution in [-0.4, -0.2) is 30.3 Å². The Labute approximate surface area is 112 Å². The topological polar surface area (TPSA) is 72.8 Å². The van der Waals surface area contributed by atoms with Crippen molar-refractivity contribution >= 4 is 11.9 Å². The summed E-state index contributed by atoms with van der Waals surface area (Å²) in [5.74, 6) is -0.143. The van der Waals surface area contributed by atoms with E-state index >= 15 is 0 Å². The Morgan fingerprint density at radius 1 is 1.00 bits per heavy atom. The highest BCUT2D eigenvalue weighted by Crippen LogP contribution is 2.10. The fraction of sp³-hybridized carbons (Fsp3) is 0.429. The summed E-state index contributed by atoms with van der Waals surface area (Å²) in [5, 5.41) is 8.46. The van der Waals surface area contributed by atoms with E-state index in [0.717, 1.165) is 0 Å². The zero-order valence-corrected chi connectivity index (χ0v) is 10.7. The summed E-state index contributed by atoms with van der Waals surface area (Å²) in [6.45, 7) is -0.149. The van der Waals surface area contributed by atoms with E-state index in [1.165, 1.54) is 0 Å². The van der Waals surface area contributed by atoms with Crippen molar-refractivity contribution in [2.24, 2.45) is 0 Å². The maximum Gasteiger partial charge on any atom is 0.311 e. The van der Waals surface area contributed by atoms with Crippen LogP contribution in [0.3, 0.4) is 0 Å². The Hall–Kier alpha value is -1.88. The van der Waals surface area contributed by atoms with Gasteiger partial charge in [-0.25, -0.2) is 0 Å². The van der Waals surface area contributed by atoms with Crippen molar-refractivity contribution in [1.29, 1.82) is 0 Å². The number of carbonyl (C=O) groups is 2. The van der Waals surface area contributed by atoms with E-state index in [0.29, 0.717) is 18.6 Å². The zero-order chi connectivity index (χ0) is 13.9. The lowest BCUT2D eigenvalue weighted by molar-refractivity contribution is -0.145. The van der Waals surface area contributed by atoms with Crippen LogP contribution in [0.1, 0.15) is 25.7 Å². The lowest BCUT2D eigenvalue weighted by Gasteiger charge is -2.04. The zero-order valence-electron chi connectivity index (χ0n) is 10.7. The first-order valence-electron chi connectivity index (χ1n) is 6.24. The summed E-state index contributed by atoms with van der Waals surface area (Å²) >= 11 is 0. The van der Waals surface area contributed by atoms with E-state index in [1.807, 2.05) is 6.07 Å². The maximum atomic E-state index is 11.5. The van der Waals surface area contributed by atoms with Crippen LogP contribution in [0.15, 0.2) is 30.3 Å². The fourth-order valence-corrected chi connectivity index (χ4v) is 1.44. The van der Waals surface area contributed by atoms with Crippen LogP contribution >= 0.6 is 0 Å². The number of hydrogen-bond donors (Lipinski definition) is 1. The second kappa shape index (κ2) is 9.10. The van der Waals surface area contributed by atoms with Gasteiger partial charge in [-0.1, -0.05) is 18.2 Å². The van der Waals surface area contributed by atoms with Crippen LogP contribution in [0, 0.1) is 0 Å². The summed E-state index contributed by atoms with van der Waals surface area (Å²) in [6.07, 6.45) is 1.65. The number of rotatable bonds is 8. The molecule has 0 aliphatic heterocycles. The minimum absolute atomic E-state index is 0.0227. The molecule has 0 aliphatic carbocycles. The molecule has 0 atom stereocenters. The van der Waals surface area contributed by atoms with Gasteiger partial charge in [-0.3, -0.25) is 9.59 Å². The van der Waals surface area contributed by atoms with Gasteiger partial charge in [0.05, 0.1) is 6.61 Å². The molecular formula is C14H18O5. The van der Waals surface area contributed by atoms with E-state index < -0.39 is 0 Å². The van der Waals surface area contributed by atoms with Gasteiger partial charge in [-0.15, -0.1) is 0 Å². The molecule has 5 nitrogen and oxygen atoms in total. The molecule has 0 bridgehead atoms. The van der Waals surface area contributed by atoms with E-state index in [9.17, 15) is 9.59 Å². The molecule has 0 aromatic heterocycles. The third-order valence-electron chi connectivity index (χ3n) is 2.34. The molecule has 1 aromatic carbocycles. The second-order valence-electron chi connectivity index (χ2n) is 3.94. The molecule has 0 saturated heterocycles. The van der Waals surface area contributed by atoms with Gasteiger partial charge in [-0.2, -0.15) is 0 Å². The highest BCUT2D eigenvalue weighted by molar-refractivity contribution is 5.72. The van der Waals surface area contributed by atoms with E-state index in [2.05, 4.69) is 4.74 Å². The quantitative estimate of drug-likeness (QED) is 0.440. The van der Waals surface area contributed by atoms with Crippen molar-refractivity contribution in [3.05, 3.63) is 30.3 Å². The monoisotopic (exact) mass is 266 g/mol. The van der Waals surface area contributed by atoms with Crippen molar-refractivity contribution in [1.82, 2.24) is 0 Å². The Morgan fingerprint density at radius 3 is 2.26 bits per heavy atom. The SMILES string of the molecule is O=C(CCCCC(=O)Oc1ccccc1)OCCO. The lowest BCUT2D eigenvalue weighted by atomic mass is 10.2. The normalized spacial score (nSPS) is 9.95. The minimum atomic E-state index is -0.356. The summed E-state index contributed by atoms with van der Waals surface area (Å²) in [7, 11) is 0. The molecule has 19 heavy (non-hydrogen) atoms. The molecule has 1 N–H and O–H groups in total. The predicted molar refractivity (Wildman–Crippen MR) is 68.6 cm³/mol. The van der Waals surface area contributed by atoms with E-state index in [-0.39, 0.29) is 38.0 Å². The van der Waals surface area contributed by atoms with Crippen LogP contribution in [0.5, 0.6) is 5.75 Å². The number of benzene rings is 1. The number of unbranched alkanes of at least 4 members (excludes halogenated alkanes) is 1. The number of para-hydroxylation sites is 1. The molecular weight excluding hydrogens is 248 g/mol. The molecule has 5 heteroatoms. The average molecular weight is 266 g/mol. The van der Waals surface area contributed by atoms with Crippen molar-refractivity contribution < 1.29 is 24.2 Å². The van der Waals surface area contributed by atoms with Crippen molar-refractivity contribution in [3.63, 3.8) is 0 Å². The fourth-order valence-electron chi connectivity index (χ4n) is 1.44. The molecule has 0 amide bonds. The third kappa shape index (κ3) is 7.21. The Morgan fingerprint density at radius 2 is 1.63 bits per heavy atom. The molecule has 0 saturated carbocycles. The Balaban J connectivity index is 2.09. The van der Waals surface area contributed by atoms with Crippen LogP contribution in [-0.2, 0) is 14.3 Å². The van der Waals surface area contributed by atoms with Crippen molar-refractivity contribution in [2.75, 3.05) is 13.2 Å². The van der Waals surface area contributed by atoms with Gasteiger partial charge in [0.2, 0.25) is 0 Å². The van der Waals surface area contributed by atoms with Crippen LogP contribution in [0.2, 0.25) is 0 Å².